The lowest BCUT2D eigenvalue weighted by atomic mass is 9.93. The lowest BCUT2D eigenvalue weighted by Gasteiger charge is -2.39. The molecule has 0 bridgehead atoms. The summed E-state index contributed by atoms with van der Waals surface area (Å²) in [5.41, 5.74) is 1.02. The van der Waals surface area contributed by atoms with E-state index in [-0.39, 0.29) is 12.5 Å². The molecule has 0 spiro atoms. The van der Waals surface area contributed by atoms with Crippen molar-refractivity contribution in [2.75, 3.05) is 33.8 Å². The van der Waals surface area contributed by atoms with Crippen LogP contribution in [0.2, 0.25) is 0 Å². The molecule has 29 heavy (non-hydrogen) atoms. The Labute approximate surface area is 172 Å². The number of ether oxygens (including phenoxy) is 1. The van der Waals surface area contributed by atoms with E-state index in [1.807, 2.05) is 43.0 Å². The zero-order valence-electron chi connectivity index (χ0n) is 17.3. The number of aliphatic imine (C=N–C) groups is 1. The van der Waals surface area contributed by atoms with E-state index in [0.29, 0.717) is 18.5 Å². The van der Waals surface area contributed by atoms with Gasteiger partial charge in [0.05, 0.1) is 26.0 Å². The third kappa shape index (κ3) is 5.49. The normalized spacial score (nSPS) is 19.7. The average molecular weight is 399 g/mol. The number of carbonyl (C=O) groups is 1. The standard InChI is InChI=1S/C21H30N6O2/c1-16-8-10-26(14-19(16)27-11-9-23-15-27)21(22-2)25-13-20(28)24-12-17-4-6-18(29-3)7-5-17/h4-7,9,11,15-16,19H,8,10,12-14H2,1-3H3,(H,22,25)(H,24,28). The highest BCUT2D eigenvalue weighted by Crippen LogP contribution is 2.27. The molecule has 2 heterocycles. The summed E-state index contributed by atoms with van der Waals surface area (Å²) in [7, 11) is 3.39. The second-order valence-electron chi connectivity index (χ2n) is 7.31. The highest BCUT2D eigenvalue weighted by molar-refractivity contribution is 5.86. The molecule has 1 aliphatic rings. The first kappa shape index (κ1) is 20.7. The van der Waals surface area contributed by atoms with Crippen molar-refractivity contribution in [3.8, 4) is 5.75 Å². The number of rotatable bonds is 6. The molecule has 1 aromatic heterocycles. The summed E-state index contributed by atoms with van der Waals surface area (Å²) in [5.74, 6) is 2.04. The van der Waals surface area contributed by atoms with Gasteiger partial charge in [0, 0.05) is 39.1 Å². The van der Waals surface area contributed by atoms with Crippen molar-refractivity contribution in [3.05, 3.63) is 48.5 Å². The molecule has 0 radical (unpaired) electrons. The van der Waals surface area contributed by atoms with Crippen LogP contribution < -0.4 is 15.4 Å². The smallest absolute Gasteiger partial charge is 0.239 e. The number of nitrogens with one attached hydrogen (secondary N) is 2. The molecule has 2 N–H and O–H groups in total. The van der Waals surface area contributed by atoms with Gasteiger partial charge < -0.3 is 24.8 Å². The summed E-state index contributed by atoms with van der Waals surface area (Å²) in [6.07, 6.45) is 6.75. The fraction of sp³-hybridized carbons (Fsp3) is 0.476. The van der Waals surface area contributed by atoms with E-state index in [0.717, 1.165) is 36.8 Å². The van der Waals surface area contributed by atoms with Gasteiger partial charge >= 0.3 is 0 Å². The number of hydrogen-bond acceptors (Lipinski definition) is 4. The lowest BCUT2D eigenvalue weighted by molar-refractivity contribution is -0.120. The molecule has 0 aliphatic carbocycles. The quantitative estimate of drug-likeness (QED) is 0.571. The van der Waals surface area contributed by atoms with Gasteiger partial charge in [-0.25, -0.2) is 4.98 Å². The largest absolute Gasteiger partial charge is 0.497 e. The monoisotopic (exact) mass is 398 g/mol. The number of benzene rings is 1. The number of hydrogen-bond donors (Lipinski definition) is 2. The molecular weight excluding hydrogens is 368 g/mol. The minimum Gasteiger partial charge on any atom is -0.497 e. The maximum atomic E-state index is 12.3. The molecule has 2 unspecified atom stereocenters. The highest BCUT2D eigenvalue weighted by Gasteiger charge is 2.28. The Morgan fingerprint density at radius 2 is 2.10 bits per heavy atom. The first-order valence-corrected chi connectivity index (χ1v) is 9.93. The summed E-state index contributed by atoms with van der Waals surface area (Å²) in [5, 5.41) is 6.12. The predicted molar refractivity (Wildman–Crippen MR) is 113 cm³/mol. The summed E-state index contributed by atoms with van der Waals surface area (Å²) < 4.78 is 7.31. The maximum absolute atomic E-state index is 12.3. The molecule has 1 aliphatic heterocycles. The van der Waals surface area contributed by atoms with Gasteiger partial charge in [-0.05, 0) is 30.0 Å². The Bertz CT molecular complexity index is 803. The highest BCUT2D eigenvalue weighted by atomic mass is 16.5. The number of amides is 1. The van der Waals surface area contributed by atoms with Gasteiger partial charge in [0.2, 0.25) is 5.91 Å². The topological polar surface area (TPSA) is 83.8 Å². The van der Waals surface area contributed by atoms with Gasteiger partial charge in [-0.2, -0.15) is 0 Å². The maximum Gasteiger partial charge on any atom is 0.239 e. The van der Waals surface area contributed by atoms with Crippen molar-refractivity contribution in [2.24, 2.45) is 10.9 Å². The fourth-order valence-electron chi connectivity index (χ4n) is 3.59. The fourth-order valence-corrected chi connectivity index (χ4v) is 3.59. The molecule has 1 aromatic carbocycles. The molecular formula is C21H30N6O2. The van der Waals surface area contributed by atoms with Crippen LogP contribution in [0.3, 0.4) is 0 Å². The van der Waals surface area contributed by atoms with Crippen LogP contribution in [-0.4, -0.2) is 60.1 Å². The van der Waals surface area contributed by atoms with E-state index in [1.165, 1.54) is 0 Å². The molecule has 3 rings (SSSR count). The van der Waals surface area contributed by atoms with Crippen molar-refractivity contribution in [3.63, 3.8) is 0 Å². The van der Waals surface area contributed by atoms with Crippen LogP contribution in [0.25, 0.3) is 0 Å². The van der Waals surface area contributed by atoms with E-state index in [4.69, 9.17) is 4.74 Å². The number of nitrogens with zero attached hydrogens (tertiary/aromatic N) is 4. The van der Waals surface area contributed by atoms with Crippen molar-refractivity contribution < 1.29 is 9.53 Å². The number of likely N-dealkylation sites (tertiary alicyclic amines) is 1. The molecule has 1 fully saturated rings. The summed E-state index contributed by atoms with van der Waals surface area (Å²) in [4.78, 5) is 23.0. The van der Waals surface area contributed by atoms with Gasteiger partial charge in [0.1, 0.15) is 5.75 Å². The predicted octanol–water partition coefficient (Wildman–Crippen LogP) is 1.67. The SMILES string of the molecule is CN=C(NCC(=O)NCc1ccc(OC)cc1)N1CCC(C)C(n2ccnc2)C1. The Hall–Kier alpha value is -3.03. The van der Waals surface area contributed by atoms with Crippen LogP contribution in [-0.2, 0) is 11.3 Å². The van der Waals surface area contributed by atoms with Crippen molar-refractivity contribution >= 4 is 11.9 Å². The van der Waals surface area contributed by atoms with Gasteiger partial charge in [-0.1, -0.05) is 19.1 Å². The number of imidazole rings is 1. The summed E-state index contributed by atoms with van der Waals surface area (Å²) in [6, 6.07) is 7.99. The average Bonchev–Trinajstić information content (AvgIpc) is 3.28. The van der Waals surface area contributed by atoms with Gasteiger partial charge in [0.25, 0.3) is 0 Å². The second-order valence-corrected chi connectivity index (χ2v) is 7.31. The molecule has 156 valence electrons. The molecule has 2 atom stereocenters. The zero-order valence-corrected chi connectivity index (χ0v) is 17.3. The Balaban J connectivity index is 1.48. The van der Waals surface area contributed by atoms with Gasteiger partial charge in [-0.15, -0.1) is 0 Å². The van der Waals surface area contributed by atoms with Crippen molar-refractivity contribution in [1.29, 1.82) is 0 Å². The van der Waals surface area contributed by atoms with Crippen molar-refractivity contribution in [2.45, 2.75) is 25.9 Å². The van der Waals surface area contributed by atoms with Crippen LogP contribution in [0.15, 0.2) is 48.0 Å². The Kier molecular flexibility index (Phi) is 7.10. The first-order valence-electron chi connectivity index (χ1n) is 9.93. The third-order valence-electron chi connectivity index (χ3n) is 5.39. The second kappa shape index (κ2) is 9.95. The van der Waals surface area contributed by atoms with Crippen LogP contribution in [0.1, 0.15) is 24.9 Å². The number of carbonyl (C=O) groups excluding carboxylic acids is 1. The zero-order chi connectivity index (χ0) is 20.6. The summed E-state index contributed by atoms with van der Waals surface area (Å²) >= 11 is 0. The van der Waals surface area contributed by atoms with E-state index >= 15 is 0 Å². The minimum atomic E-state index is -0.0708. The van der Waals surface area contributed by atoms with E-state index in [9.17, 15) is 4.79 Å². The molecule has 8 heteroatoms. The number of methoxy groups -OCH3 is 1. The van der Waals surface area contributed by atoms with Crippen molar-refractivity contribution in [1.82, 2.24) is 25.1 Å². The van der Waals surface area contributed by atoms with Crippen LogP contribution in [0, 0.1) is 5.92 Å². The molecule has 1 amide bonds. The molecule has 8 nitrogen and oxygen atoms in total. The van der Waals surface area contributed by atoms with Crippen LogP contribution in [0.4, 0.5) is 0 Å². The van der Waals surface area contributed by atoms with Gasteiger partial charge in [0.15, 0.2) is 5.96 Å². The van der Waals surface area contributed by atoms with E-state index in [1.54, 1.807) is 14.2 Å². The van der Waals surface area contributed by atoms with Crippen LogP contribution >= 0.6 is 0 Å². The molecule has 2 aromatic rings. The summed E-state index contributed by atoms with van der Waals surface area (Å²) in [6.45, 7) is 4.69. The Morgan fingerprint density at radius 3 is 2.76 bits per heavy atom. The Morgan fingerprint density at radius 1 is 1.31 bits per heavy atom. The number of aromatic nitrogens is 2. The lowest BCUT2D eigenvalue weighted by Crippen LogP contribution is -2.50. The third-order valence-corrected chi connectivity index (χ3v) is 5.39. The number of guanidine groups is 1. The first-order chi connectivity index (χ1) is 14.1. The molecule has 1 saturated heterocycles. The molecule has 0 saturated carbocycles. The van der Waals surface area contributed by atoms with E-state index < -0.39 is 0 Å². The van der Waals surface area contributed by atoms with E-state index in [2.05, 4.69) is 37.0 Å². The van der Waals surface area contributed by atoms with Gasteiger partial charge in [-0.3, -0.25) is 9.79 Å². The number of piperidine rings is 1. The minimum absolute atomic E-state index is 0.0708. The van der Waals surface area contributed by atoms with Crippen LogP contribution in [0.5, 0.6) is 5.75 Å².